The molecule has 1 rings (SSSR count). The van der Waals surface area contributed by atoms with Gasteiger partial charge in [-0.25, -0.2) is 0 Å². The van der Waals surface area contributed by atoms with Crippen LogP contribution in [0.4, 0.5) is 0 Å². The van der Waals surface area contributed by atoms with Gasteiger partial charge in [0.15, 0.2) is 5.96 Å². The lowest BCUT2D eigenvalue weighted by atomic mass is 10.0. The Morgan fingerprint density at radius 2 is 2.04 bits per heavy atom. The van der Waals surface area contributed by atoms with E-state index in [1.54, 1.807) is 7.05 Å². The molecule has 0 aromatic carbocycles. The highest BCUT2D eigenvalue weighted by Crippen LogP contribution is 2.15. The lowest BCUT2D eigenvalue weighted by Gasteiger charge is -2.33. The average molecular weight is 340 g/mol. The van der Waals surface area contributed by atoms with Gasteiger partial charge in [0.25, 0.3) is 0 Å². The maximum Gasteiger partial charge on any atom is 0.221 e. The van der Waals surface area contributed by atoms with Crippen molar-refractivity contribution < 1.29 is 4.79 Å². The molecule has 2 atom stereocenters. The zero-order chi connectivity index (χ0) is 17.8. The Morgan fingerprint density at radius 3 is 2.71 bits per heavy atom. The average Bonchev–Trinajstić information content (AvgIpc) is 2.58. The van der Waals surface area contributed by atoms with Crippen LogP contribution in [0.15, 0.2) is 4.99 Å². The van der Waals surface area contributed by atoms with Crippen molar-refractivity contribution in [2.75, 3.05) is 33.2 Å². The van der Waals surface area contributed by atoms with Crippen LogP contribution in [0.1, 0.15) is 59.3 Å². The number of amides is 1. The van der Waals surface area contributed by atoms with E-state index in [-0.39, 0.29) is 11.9 Å². The van der Waals surface area contributed by atoms with Crippen LogP contribution in [-0.4, -0.2) is 62.1 Å². The van der Waals surface area contributed by atoms with Gasteiger partial charge in [0.2, 0.25) is 5.91 Å². The predicted molar refractivity (Wildman–Crippen MR) is 101 cm³/mol. The lowest BCUT2D eigenvalue weighted by Crippen LogP contribution is -2.42. The monoisotopic (exact) mass is 339 g/mol. The largest absolute Gasteiger partial charge is 0.356 e. The zero-order valence-corrected chi connectivity index (χ0v) is 16.0. The third-order valence-corrected chi connectivity index (χ3v) is 4.74. The Hall–Kier alpha value is -1.30. The first-order valence-electron chi connectivity index (χ1n) is 9.54. The first-order chi connectivity index (χ1) is 11.6. The van der Waals surface area contributed by atoms with E-state index in [0.29, 0.717) is 13.0 Å². The van der Waals surface area contributed by atoms with Crippen LogP contribution in [-0.2, 0) is 4.79 Å². The highest BCUT2D eigenvalue weighted by molar-refractivity contribution is 5.81. The number of aliphatic imine (C=N–C) groups is 1. The Balaban J connectivity index is 2.11. The number of likely N-dealkylation sites (tertiary alicyclic amines) is 1. The van der Waals surface area contributed by atoms with E-state index in [0.717, 1.165) is 37.9 Å². The highest BCUT2D eigenvalue weighted by Gasteiger charge is 2.17. The summed E-state index contributed by atoms with van der Waals surface area (Å²) in [4.78, 5) is 18.5. The maximum atomic E-state index is 11.7. The summed E-state index contributed by atoms with van der Waals surface area (Å²) in [6.07, 6.45) is 6.57. The molecule has 0 aromatic rings. The van der Waals surface area contributed by atoms with Crippen LogP contribution in [0.5, 0.6) is 0 Å². The lowest BCUT2D eigenvalue weighted by molar-refractivity contribution is -0.121. The Kier molecular flexibility index (Phi) is 10.5. The summed E-state index contributed by atoms with van der Waals surface area (Å²) in [5, 5.41) is 9.50. The van der Waals surface area contributed by atoms with E-state index in [1.165, 1.54) is 25.8 Å². The second kappa shape index (κ2) is 12.1. The quantitative estimate of drug-likeness (QED) is 0.340. The molecule has 0 spiro atoms. The highest BCUT2D eigenvalue weighted by atomic mass is 16.1. The van der Waals surface area contributed by atoms with E-state index in [4.69, 9.17) is 0 Å². The van der Waals surface area contributed by atoms with Gasteiger partial charge in [-0.15, -0.1) is 0 Å². The summed E-state index contributed by atoms with van der Waals surface area (Å²) in [5.41, 5.74) is 0. The number of carbonyl (C=O) groups is 1. The fourth-order valence-electron chi connectivity index (χ4n) is 2.94. The molecule has 0 aliphatic carbocycles. The summed E-state index contributed by atoms with van der Waals surface area (Å²) < 4.78 is 0. The number of carbonyl (C=O) groups excluding carboxylic acids is 1. The molecule has 0 radical (unpaired) electrons. The molecule has 3 N–H and O–H groups in total. The third kappa shape index (κ3) is 8.52. The third-order valence-electron chi connectivity index (χ3n) is 4.74. The van der Waals surface area contributed by atoms with Gasteiger partial charge in [-0.2, -0.15) is 0 Å². The van der Waals surface area contributed by atoms with Crippen LogP contribution in [0, 0.1) is 0 Å². The smallest absolute Gasteiger partial charge is 0.221 e. The van der Waals surface area contributed by atoms with Gasteiger partial charge < -0.3 is 20.9 Å². The van der Waals surface area contributed by atoms with Crippen molar-refractivity contribution in [2.24, 2.45) is 4.99 Å². The van der Waals surface area contributed by atoms with Gasteiger partial charge in [-0.1, -0.05) is 13.3 Å². The van der Waals surface area contributed by atoms with E-state index in [9.17, 15) is 4.79 Å². The number of nitrogens with one attached hydrogen (secondary N) is 3. The first-order valence-corrected chi connectivity index (χ1v) is 9.54. The van der Waals surface area contributed by atoms with E-state index < -0.39 is 0 Å². The van der Waals surface area contributed by atoms with Crippen LogP contribution >= 0.6 is 0 Å². The Morgan fingerprint density at radius 1 is 1.29 bits per heavy atom. The minimum atomic E-state index is 0.0892. The molecule has 1 heterocycles. The first kappa shape index (κ1) is 20.7. The predicted octanol–water partition coefficient (Wildman–Crippen LogP) is 1.72. The summed E-state index contributed by atoms with van der Waals surface area (Å²) in [6, 6.07) is 0.965. The standard InChI is InChI=1S/C18H37N5O/c1-5-15(2)22-17(24)10-12-21-18(19-4)20-11-8-14-23-13-7-6-9-16(23)3/h15-16H,5-14H2,1-4H3,(H,22,24)(H2,19,20,21). The molecule has 0 bridgehead atoms. The Bertz CT molecular complexity index is 386. The van der Waals surface area contributed by atoms with Crippen molar-refractivity contribution in [3.63, 3.8) is 0 Å². The number of hydrogen-bond donors (Lipinski definition) is 3. The maximum absolute atomic E-state index is 11.7. The molecule has 2 unspecified atom stereocenters. The minimum Gasteiger partial charge on any atom is -0.356 e. The molecule has 1 saturated heterocycles. The Labute approximate surface area is 147 Å². The van der Waals surface area contributed by atoms with Gasteiger partial charge in [-0.05, 0) is 46.1 Å². The van der Waals surface area contributed by atoms with Gasteiger partial charge in [0.1, 0.15) is 0 Å². The number of rotatable bonds is 9. The molecule has 6 nitrogen and oxygen atoms in total. The molecule has 1 aliphatic rings. The van der Waals surface area contributed by atoms with Crippen LogP contribution in [0.25, 0.3) is 0 Å². The van der Waals surface area contributed by atoms with Crippen molar-refractivity contribution in [3.05, 3.63) is 0 Å². The van der Waals surface area contributed by atoms with Crippen molar-refractivity contribution in [2.45, 2.75) is 71.4 Å². The van der Waals surface area contributed by atoms with E-state index >= 15 is 0 Å². The number of piperidine rings is 1. The fourth-order valence-corrected chi connectivity index (χ4v) is 2.94. The number of guanidine groups is 1. The summed E-state index contributed by atoms with van der Waals surface area (Å²) in [6.45, 7) is 10.3. The van der Waals surface area contributed by atoms with Gasteiger partial charge in [0, 0.05) is 45.2 Å². The SMILES string of the molecule is CCC(C)NC(=O)CCNC(=NC)NCCCN1CCCCC1C. The number of hydrogen-bond acceptors (Lipinski definition) is 3. The second-order valence-electron chi connectivity index (χ2n) is 6.79. The molecule has 24 heavy (non-hydrogen) atoms. The van der Waals surface area contributed by atoms with Gasteiger partial charge >= 0.3 is 0 Å². The van der Waals surface area contributed by atoms with Crippen LogP contribution in [0.2, 0.25) is 0 Å². The van der Waals surface area contributed by atoms with E-state index in [2.05, 4.69) is 39.7 Å². The van der Waals surface area contributed by atoms with Gasteiger partial charge in [0.05, 0.1) is 0 Å². The normalized spacial score (nSPS) is 20.5. The van der Waals surface area contributed by atoms with Crippen LogP contribution < -0.4 is 16.0 Å². The van der Waals surface area contributed by atoms with Crippen molar-refractivity contribution >= 4 is 11.9 Å². The molecular weight excluding hydrogens is 302 g/mol. The second-order valence-corrected chi connectivity index (χ2v) is 6.79. The topological polar surface area (TPSA) is 68.8 Å². The molecule has 1 fully saturated rings. The molecule has 140 valence electrons. The fraction of sp³-hybridized carbons (Fsp3) is 0.889. The number of nitrogens with zero attached hydrogens (tertiary/aromatic N) is 2. The summed E-state index contributed by atoms with van der Waals surface area (Å²) >= 11 is 0. The molecule has 0 aromatic heterocycles. The molecular formula is C18H37N5O. The molecule has 1 amide bonds. The van der Waals surface area contributed by atoms with Gasteiger partial charge in [-0.3, -0.25) is 9.79 Å². The van der Waals surface area contributed by atoms with E-state index in [1.807, 2.05) is 6.92 Å². The molecule has 0 saturated carbocycles. The molecule has 1 aliphatic heterocycles. The zero-order valence-electron chi connectivity index (χ0n) is 16.0. The van der Waals surface area contributed by atoms with Crippen molar-refractivity contribution in [1.82, 2.24) is 20.9 Å². The van der Waals surface area contributed by atoms with Crippen LogP contribution in [0.3, 0.4) is 0 Å². The minimum absolute atomic E-state index is 0.0892. The summed E-state index contributed by atoms with van der Waals surface area (Å²) in [5.74, 6) is 0.865. The molecule has 6 heteroatoms. The van der Waals surface area contributed by atoms with Crippen molar-refractivity contribution in [1.29, 1.82) is 0 Å². The summed E-state index contributed by atoms with van der Waals surface area (Å²) in [7, 11) is 1.77. The van der Waals surface area contributed by atoms with Crippen molar-refractivity contribution in [3.8, 4) is 0 Å².